The highest BCUT2D eigenvalue weighted by atomic mass is 16.5. The summed E-state index contributed by atoms with van der Waals surface area (Å²) in [5, 5.41) is 9.06. The van der Waals surface area contributed by atoms with E-state index in [0.717, 1.165) is 27.6 Å². The van der Waals surface area contributed by atoms with Gasteiger partial charge in [-0.1, -0.05) is 42.5 Å². The van der Waals surface area contributed by atoms with E-state index < -0.39 is 5.97 Å². The van der Waals surface area contributed by atoms with Gasteiger partial charge in [0.15, 0.2) is 6.61 Å². The number of para-hydroxylation sites is 1. The minimum absolute atomic E-state index is 0.0244. The van der Waals surface area contributed by atoms with Crippen LogP contribution in [0.25, 0.3) is 21.8 Å². The maximum Gasteiger partial charge on any atom is 0.308 e. The van der Waals surface area contributed by atoms with Gasteiger partial charge in [0.05, 0.1) is 18.4 Å². The molecule has 0 saturated carbocycles. The number of aromatic amines is 1. The quantitative estimate of drug-likeness (QED) is 0.375. The zero-order chi connectivity index (χ0) is 21.1. The Morgan fingerprint density at radius 1 is 1.10 bits per heavy atom. The third-order valence-electron chi connectivity index (χ3n) is 5.00. The Morgan fingerprint density at radius 2 is 1.90 bits per heavy atom. The van der Waals surface area contributed by atoms with Crippen molar-refractivity contribution in [3.8, 4) is 0 Å². The monoisotopic (exact) mass is 404 g/mol. The van der Waals surface area contributed by atoms with E-state index in [1.54, 1.807) is 30.5 Å². The van der Waals surface area contributed by atoms with Crippen molar-refractivity contribution in [2.24, 2.45) is 0 Å². The zero-order valence-electron chi connectivity index (χ0n) is 16.4. The molecule has 30 heavy (non-hydrogen) atoms. The Morgan fingerprint density at radius 3 is 2.73 bits per heavy atom. The molecule has 0 radical (unpaired) electrons. The number of nitrogens with one attached hydrogen (secondary N) is 1. The summed E-state index contributed by atoms with van der Waals surface area (Å²) >= 11 is 0. The first kappa shape index (κ1) is 19.5. The smallest absolute Gasteiger partial charge is 0.308 e. The average molecular weight is 404 g/mol. The predicted molar refractivity (Wildman–Crippen MR) is 111 cm³/mol. The third-order valence-corrected chi connectivity index (χ3v) is 5.00. The van der Waals surface area contributed by atoms with Crippen LogP contribution in [0.3, 0.4) is 0 Å². The lowest BCUT2D eigenvalue weighted by Crippen LogP contribution is -2.26. The van der Waals surface area contributed by atoms with Gasteiger partial charge in [0, 0.05) is 22.7 Å². The summed E-state index contributed by atoms with van der Waals surface area (Å²) in [6.07, 6.45) is 2.40. The largest absolute Gasteiger partial charge is 0.457 e. The number of H-pyrrole nitrogens is 1. The molecule has 1 N–H and O–H groups in total. The van der Waals surface area contributed by atoms with Gasteiger partial charge >= 0.3 is 5.97 Å². The first-order valence-electron chi connectivity index (χ1n) is 9.69. The lowest BCUT2D eigenvalue weighted by atomic mass is 10.1. The number of Topliss-reactive ketones (excluding diaryl/α,β-unsaturated/α-hetero) is 1. The van der Waals surface area contributed by atoms with E-state index in [1.165, 1.54) is 0 Å². The van der Waals surface area contributed by atoms with Gasteiger partial charge in [-0.3, -0.25) is 14.4 Å². The number of benzene rings is 2. The summed E-state index contributed by atoms with van der Waals surface area (Å²) in [5.41, 5.74) is 2.70. The summed E-state index contributed by atoms with van der Waals surface area (Å²) in [7, 11) is 0. The number of hydrogen-bond donors (Lipinski definition) is 1. The number of fused-ring (bicyclic) bond motifs is 2. The Balaban J connectivity index is 1.38. The second-order valence-corrected chi connectivity index (χ2v) is 6.86. The lowest BCUT2D eigenvalue weighted by molar-refractivity contribution is -0.142. The van der Waals surface area contributed by atoms with Crippen molar-refractivity contribution in [2.75, 3.05) is 6.61 Å². The molecule has 8 nitrogen and oxygen atoms in total. The fourth-order valence-electron chi connectivity index (χ4n) is 3.41. The minimum atomic E-state index is -0.584. The van der Waals surface area contributed by atoms with Crippen LogP contribution in [0.4, 0.5) is 0 Å². The molecule has 0 atom stereocenters. The van der Waals surface area contributed by atoms with E-state index in [4.69, 9.17) is 4.74 Å². The van der Waals surface area contributed by atoms with E-state index in [-0.39, 0.29) is 30.9 Å². The standard InChI is InChI=1S/C22H20N4O4/c1-2-14-6-5-8-15-17(12-23-21(14)15)19(27)13-30-20(28)10-11-26-22(29)16-7-3-4-9-18(16)24-25-26/h3-9,12,23H,2,10-11,13H2,1H3. The number of ketones is 1. The second kappa shape index (κ2) is 8.28. The topological polar surface area (TPSA) is 107 Å². The third kappa shape index (κ3) is 3.71. The first-order chi connectivity index (χ1) is 14.6. The summed E-state index contributed by atoms with van der Waals surface area (Å²) in [4.78, 5) is 40.1. The highest BCUT2D eigenvalue weighted by Gasteiger charge is 2.16. The molecular weight excluding hydrogens is 384 g/mol. The SMILES string of the molecule is CCc1cccc2c(C(=O)COC(=O)CCn3nnc4ccccc4c3=O)c[nH]c12. The van der Waals surface area contributed by atoms with E-state index in [0.29, 0.717) is 16.5 Å². The van der Waals surface area contributed by atoms with Crippen LogP contribution < -0.4 is 5.56 Å². The highest BCUT2D eigenvalue weighted by Crippen LogP contribution is 2.22. The molecule has 0 spiro atoms. The van der Waals surface area contributed by atoms with Gasteiger partial charge < -0.3 is 9.72 Å². The second-order valence-electron chi connectivity index (χ2n) is 6.86. The molecule has 2 aromatic carbocycles. The Hall–Kier alpha value is -3.81. The maximum absolute atomic E-state index is 12.5. The Kier molecular flexibility index (Phi) is 5.38. The molecule has 2 aromatic heterocycles. The van der Waals surface area contributed by atoms with Crippen LogP contribution in [0.5, 0.6) is 0 Å². The minimum Gasteiger partial charge on any atom is -0.457 e. The van der Waals surface area contributed by atoms with Crippen molar-refractivity contribution in [3.05, 3.63) is 70.1 Å². The van der Waals surface area contributed by atoms with Gasteiger partial charge in [-0.2, -0.15) is 0 Å². The van der Waals surface area contributed by atoms with E-state index >= 15 is 0 Å². The molecule has 0 fully saturated rings. The lowest BCUT2D eigenvalue weighted by Gasteiger charge is -2.06. The molecule has 4 aromatic rings. The number of esters is 1. The number of aromatic nitrogens is 4. The van der Waals surface area contributed by atoms with Crippen LogP contribution in [-0.4, -0.2) is 38.3 Å². The van der Waals surface area contributed by atoms with Crippen molar-refractivity contribution in [1.29, 1.82) is 0 Å². The van der Waals surface area contributed by atoms with E-state index in [2.05, 4.69) is 15.3 Å². The molecule has 8 heteroatoms. The molecular formula is C22H20N4O4. The van der Waals surface area contributed by atoms with Gasteiger partial charge in [0.2, 0.25) is 5.78 Å². The number of nitrogens with zero attached hydrogens (tertiary/aromatic N) is 3. The Labute approximate surface area is 171 Å². The summed E-state index contributed by atoms with van der Waals surface area (Å²) < 4.78 is 6.24. The van der Waals surface area contributed by atoms with Crippen molar-refractivity contribution in [3.63, 3.8) is 0 Å². The molecule has 0 aliphatic rings. The number of rotatable bonds is 7. The highest BCUT2D eigenvalue weighted by molar-refractivity contribution is 6.09. The van der Waals surface area contributed by atoms with Gasteiger partial charge in [0.25, 0.3) is 5.56 Å². The normalized spacial score (nSPS) is 11.1. The van der Waals surface area contributed by atoms with Crippen molar-refractivity contribution >= 4 is 33.6 Å². The van der Waals surface area contributed by atoms with Crippen molar-refractivity contribution < 1.29 is 14.3 Å². The molecule has 0 aliphatic carbocycles. The van der Waals surface area contributed by atoms with Crippen LogP contribution in [0.15, 0.2) is 53.5 Å². The van der Waals surface area contributed by atoms with Crippen molar-refractivity contribution in [2.45, 2.75) is 26.3 Å². The summed E-state index contributed by atoms with van der Waals surface area (Å²) in [6.45, 7) is 1.71. The van der Waals surface area contributed by atoms with Gasteiger partial charge in [0.1, 0.15) is 5.52 Å². The number of aryl methyl sites for hydroxylation is 2. The Bertz CT molecular complexity index is 1310. The number of hydrogen-bond acceptors (Lipinski definition) is 6. The van der Waals surface area contributed by atoms with Crippen LogP contribution >= 0.6 is 0 Å². The molecule has 2 heterocycles. The molecule has 0 aliphatic heterocycles. The fourth-order valence-corrected chi connectivity index (χ4v) is 3.41. The summed E-state index contributed by atoms with van der Waals surface area (Å²) in [6, 6.07) is 12.6. The predicted octanol–water partition coefficient (Wildman–Crippen LogP) is 2.65. The first-order valence-corrected chi connectivity index (χ1v) is 9.69. The van der Waals surface area contributed by atoms with Crippen LogP contribution in [0.2, 0.25) is 0 Å². The van der Waals surface area contributed by atoms with Crippen LogP contribution in [0, 0.1) is 0 Å². The van der Waals surface area contributed by atoms with Crippen molar-refractivity contribution in [1.82, 2.24) is 20.0 Å². The molecule has 0 unspecified atom stereocenters. The zero-order valence-corrected chi connectivity index (χ0v) is 16.4. The number of ether oxygens (including phenoxy) is 1. The molecule has 4 rings (SSSR count). The van der Waals surface area contributed by atoms with Crippen LogP contribution in [0.1, 0.15) is 29.3 Å². The maximum atomic E-state index is 12.5. The fraction of sp³-hybridized carbons (Fsp3) is 0.227. The average Bonchev–Trinajstić information content (AvgIpc) is 3.21. The number of carbonyl (C=O) groups excluding carboxylic acids is 2. The molecule has 0 saturated heterocycles. The van der Waals surface area contributed by atoms with Gasteiger partial charge in [-0.15, -0.1) is 5.10 Å². The van der Waals surface area contributed by atoms with E-state index in [9.17, 15) is 14.4 Å². The van der Waals surface area contributed by atoms with Gasteiger partial charge in [-0.25, -0.2) is 4.68 Å². The van der Waals surface area contributed by atoms with Crippen LogP contribution in [-0.2, 0) is 22.5 Å². The van der Waals surface area contributed by atoms with Gasteiger partial charge in [-0.05, 0) is 24.1 Å². The summed E-state index contributed by atoms with van der Waals surface area (Å²) in [5.74, 6) is -0.871. The van der Waals surface area contributed by atoms with E-state index in [1.807, 2.05) is 25.1 Å². The number of carbonyl (C=O) groups is 2. The molecule has 0 bridgehead atoms. The molecule has 152 valence electrons. The molecule has 0 amide bonds.